The first kappa shape index (κ1) is 14.2. The Morgan fingerprint density at radius 3 is 2.31 bits per heavy atom. The summed E-state index contributed by atoms with van der Waals surface area (Å²) >= 11 is 0. The molecule has 2 nitrogen and oxygen atoms in total. The Balaban J connectivity index is 2.34. The Kier molecular flexibility index (Phi) is 4.61. The highest BCUT2D eigenvalue weighted by Crippen LogP contribution is 2.36. The largest absolute Gasteiger partial charge is 0.415 e. The molecule has 0 aliphatic carbocycles. The molecule has 0 aromatic carbocycles. The molecule has 1 saturated heterocycles. The minimum atomic E-state index is -1.55. The van der Waals surface area contributed by atoms with E-state index in [0.29, 0.717) is 11.1 Å². The van der Waals surface area contributed by atoms with Crippen molar-refractivity contribution in [2.24, 2.45) is 5.92 Å². The van der Waals surface area contributed by atoms with Crippen molar-refractivity contribution < 1.29 is 4.43 Å². The molecule has 1 rings (SSSR count). The Labute approximate surface area is 102 Å². The van der Waals surface area contributed by atoms with Crippen molar-refractivity contribution in [1.82, 2.24) is 5.32 Å². The van der Waals surface area contributed by atoms with Gasteiger partial charge in [-0.2, -0.15) is 0 Å². The zero-order valence-corrected chi connectivity index (χ0v) is 12.9. The van der Waals surface area contributed by atoms with Crippen LogP contribution in [-0.2, 0) is 4.43 Å². The quantitative estimate of drug-likeness (QED) is 0.767. The van der Waals surface area contributed by atoms with Gasteiger partial charge in [0.15, 0.2) is 8.32 Å². The molecule has 0 amide bonds. The Morgan fingerprint density at radius 2 is 1.88 bits per heavy atom. The molecule has 1 aliphatic rings. The maximum atomic E-state index is 6.25. The number of hydrogen-bond acceptors (Lipinski definition) is 2. The predicted octanol–water partition coefficient (Wildman–Crippen LogP) is 3.40. The highest BCUT2D eigenvalue weighted by molar-refractivity contribution is 6.74. The fourth-order valence-corrected chi connectivity index (χ4v) is 2.78. The molecule has 0 aromatic rings. The van der Waals surface area contributed by atoms with Gasteiger partial charge in [-0.1, -0.05) is 27.7 Å². The summed E-state index contributed by atoms with van der Waals surface area (Å²) in [5.74, 6) is 0.837. The second kappa shape index (κ2) is 5.19. The summed E-state index contributed by atoms with van der Waals surface area (Å²) in [5, 5.41) is 3.92. The third-order valence-electron chi connectivity index (χ3n) is 4.21. The van der Waals surface area contributed by atoms with Crippen molar-refractivity contribution in [3.05, 3.63) is 0 Å². The van der Waals surface area contributed by atoms with E-state index in [-0.39, 0.29) is 0 Å². The molecule has 1 unspecified atom stereocenters. The van der Waals surface area contributed by atoms with Gasteiger partial charge in [-0.25, -0.2) is 0 Å². The van der Waals surface area contributed by atoms with Gasteiger partial charge in [0.25, 0.3) is 0 Å². The summed E-state index contributed by atoms with van der Waals surface area (Å²) in [5.41, 5.74) is 0. The van der Waals surface area contributed by atoms with Gasteiger partial charge in [0.1, 0.15) is 0 Å². The molecule has 0 radical (unpaired) electrons. The fraction of sp³-hybridized carbons (Fsp3) is 1.00. The van der Waals surface area contributed by atoms with Gasteiger partial charge in [0.2, 0.25) is 0 Å². The minimum Gasteiger partial charge on any atom is -0.415 e. The molecule has 0 aromatic heterocycles. The van der Waals surface area contributed by atoms with Gasteiger partial charge < -0.3 is 9.74 Å². The van der Waals surface area contributed by atoms with Crippen LogP contribution in [-0.4, -0.2) is 27.5 Å². The van der Waals surface area contributed by atoms with Gasteiger partial charge >= 0.3 is 0 Å². The van der Waals surface area contributed by atoms with E-state index in [1.165, 1.54) is 12.8 Å². The topological polar surface area (TPSA) is 21.3 Å². The van der Waals surface area contributed by atoms with Gasteiger partial charge in [-0.05, 0) is 43.4 Å². The number of hydrogen-bond donors (Lipinski definition) is 1. The van der Waals surface area contributed by atoms with E-state index >= 15 is 0 Å². The number of nitrogens with one attached hydrogen (secondary N) is 1. The standard InChI is InChI=1S/C13H29NOSi/c1-11-7-8-12(14-9-11)10-15-16(5,6)13(2,3)4/h11-12,14H,7-10H2,1-6H3/t11?,12-/m0/s1. The van der Waals surface area contributed by atoms with Crippen LogP contribution < -0.4 is 5.32 Å². The molecule has 2 atom stereocenters. The van der Waals surface area contributed by atoms with Gasteiger partial charge in [-0.3, -0.25) is 0 Å². The average molecular weight is 243 g/mol. The highest BCUT2D eigenvalue weighted by Gasteiger charge is 2.37. The smallest absolute Gasteiger partial charge is 0.192 e. The fourth-order valence-electron chi connectivity index (χ4n) is 1.73. The first-order chi connectivity index (χ1) is 7.22. The zero-order chi connectivity index (χ0) is 12.4. The summed E-state index contributed by atoms with van der Waals surface area (Å²) in [7, 11) is -1.55. The summed E-state index contributed by atoms with van der Waals surface area (Å²) in [6.45, 7) is 15.9. The molecular formula is C13H29NOSi. The van der Waals surface area contributed by atoms with E-state index in [9.17, 15) is 0 Å². The molecule has 0 spiro atoms. The van der Waals surface area contributed by atoms with Crippen molar-refractivity contribution >= 4 is 8.32 Å². The van der Waals surface area contributed by atoms with E-state index in [4.69, 9.17) is 4.43 Å². The van der Waals surface area contributed by atoms with Crippen LogP contribution in [0.3, 0.4) is 0 Å². The maximum absolute atomic E-state index is 6.25. The van der Waals surface area contributed by atoms with Crippen LogP contribution in [0, 0.1) is 5.92 Å². The third kappa shape index (κ3) is 3.86. The Bertz CT molecular complexity index is 214. The normalized spacial score (nSPS) is 28.1. The van der Waals surface area contributed by atoms with Crippen molar-refractivity contribution in [3.63, 3.8) is 0 Å². The van der Waals surface area contributed by atoms with Crippen molar-refractivity contribution in [1.29, 1.82) is 0 Å². The van der Waals surface area contributed by atoms with Crippen molar-refractivity contribution in [2.75, 3.05) is 13.2 Å². The van der Waals surface area contributed by atoms with E-state index in [1.807, 2.05) is 0 Å². The van der Waals surface area contributed by atoms with Gasteiger partial charge in [0.05, 0.1) is 0 Å². The van der Waals surface area contributed by atoms with E-state index in [2.05, 4.69) is 46.1 Å². The summed E-state index contributed by atoms with van der Waals surface area (Å²) in [6, 6.07) is 0.588. The molecule has 1 aliphatic heterocycles. The van der Waals surface area contributed by atoms with E-state index in [1.54, 1.807) is 0 Å². The van der Waals surface area contributed by atoms with Crippen LogP contribution in [0.2, 0.25) is 18.1 Å². The third-order valence-corrected chi connectivity index (χ3v) is 8.72. The highest BCUT2D eigenvalue weighted by atomic mass is 28.4. The SMILES string of the molecule is CC1CC[C@@H](CO[Si](C)(C)C(C)(C)C)NC1. The first-order valence-electron chi connectivity index (χ1n) is 6.60. The van der Waals surface area contributed by atoms with Crippen LogP contribution >= 0.6 is 0 Å². The van der Waals surface area contributed by atoms with Crippen LogP contribution in [0.4, 0.5) is 0 Å². The monoisotopic (exact) mass is 243 g/mol. The van der Waals surface area contributed by atoms with Crippen LogP contribution in [0.5, 0.6) is 0 Å². The second-order valence-corrected chi connectivity index (χ2v) is 11.7. The average Bonchev–Trinajstić information content (AvgIpc) is 2.15. The molecule has 16 heavy (non-hydrogen) atoms. The van der Waals surface area contributed by atoms with Crippen molar-refractivity contribution in [3.8, 4) is 0 Å². The molecule has 96 valence electrons. The molecule has 3 heteroatoms. The summed E-state index contributed by atoms with van der Waals surface area (Å²) < 4.78 is 6.25. The predicted molar refractivity (Wildman–Crippen MR) is 73.3 cm³/mol. The lowest BCUT2D eigenvalue weighted by Crippen LogP contribution is -2.47. The number of piperidine rings is 1. The van der Waals surface area contributed by atoms with Gasteiger partial charge in [0, 0.05) is 12.6 Å². The minimum absolute atomic E-state index is 0.328. The zero-order valence-electron chi connectivity index (χ0n) is 11.9. The summed E-state index contributed by atoms with van der Waals surface area (Å²) in [6.07, 6.45) is 2.62. The van der Waals surface area contributed by atoms with Crippen LogP contribution in [0.25, 0.3) is 0 Å². The molecular weight excluding hydrogens is 214 g/mol. The molecule has 1 N–H and O–H groups in total. The molecule has 1 heterocycles. The molecule has 1 fully saturated rings. The number of rotatable bonds is 3. The first-order valence-corrected chi connectivity index (χ1v) is 9.50. The van der Waals surface area contributed by atoms with E-state index < -0.39 is 8.32 Å². The maximum Gasteiger partial charge on any atom is 0.192 e. The lowest BCUT2D eigenvalue weighted by molar-refractivity contribution is 0.205. The second-order valence-electron chi connectivity index (χ2n) is 6.86. The Morgan fingerprint density at radius 1 is 1.25 bits per heavy atom. The molecule has 0 bridgehead atoms. The van der Waals surface area contributed by atoms with E-state index in [0.717, 1.165) is 19.1 Å². The lowest BCUT2D eigenvalue weighted by atomic mass is 9.97. The van der Waals surface area contributed by atoms with Crippen molar-refractivity contribution in [2.45, 2.75) is 64.7 Å². The summed E-state index contributed by atoms with van der Waals surface area (Å²) in [4.78, 5) is 0. The lowest BCUT2D eigenvalue weighted by Gasteiger charge is -2.38. The molecule has 0 saturated carbocycles. The van der Waals surface area contributed by atoms with Crippen LogP contribution in [0.15, 0.2) is 0 Å². The Hall–Kier alpha value is 0.137. The van der Waals surface area contributed by atoms with Crippen LogP contribution in [0.1, 0.15) is 40.5 Å². The van der Waals surface area contributed by atoms with Gasteiger partial charge in [-0.15, -0.1) is 0 Å².